The van der Waals surface area contributed by atoms with Gasteiger partial charge in [-0.3, -0.25) is 14.9 Å². The van der Waals surface area contributed by atoms with Gasteiger partial charge in [-0.2, -0.15) is 0 Å². The molecule has 1 N–H and O–H groups in total. The summed E-state index contributed by atoms with van der Waals surface area (Å²) in [6, 6.07) is 4.54. The molecule has 1 aliphatic heterocycles. The molecular weight excluding hydrogens is 272 g/mol. The second kappa shape index (κ2) is 5.44. The number of nitro benzene ring substituents is 1. The lowest BCUT2D eigenvalue weighted by atomic mass is 10.1. The van der Waals surface area contributed by atoms with Crippen LogP contribution in [0.1, 0.15) is 12.8 Å². The first-order chi connectivity index (χ1) is 8.97. The first kappa shape index (κ1) is 13.6. The fraction of sp³-hybridized carbons (Fsp3) is 0.417. The predicted molar refractivity (Wildman–Crippen MR) is 70.7 cm³/mol. The largest absolute Gasteiger partial charge is 0.481 e. The lowest BCUT2D eigenvalue weighted by Crippen LogP contribution is -2.21. The summed E-state index contributed by atoms with van der Waals surface area (Å²) in [7, 11) is 0. The topological polar surface area (TPSA) is 83.7 Å². The Morgan fingerprint density at radius 3 is 2.95 bits per heavy atom. The van der Waals surface area contributed by atoms with E-state index in [1.165, 1.54) is 6.07 Å². The molecule has 0 aliphatic carbocycles. The monoisotopic (exact) mass is 284 g/mol. The quantitative estimate of drug-likeness (QED) is 0.678. The van der Waals surface area contributed by atoms with Gasteiger partial charge in [0.15, 0.2) is 0 Å². The van der Waals surface area contributed by atoms with Crippen LogP contribution in [0.15, 0.2) is 18.2 Å². The number of benzene rings is 1. The molecule has 1 atom stereocenters. The molecule has 0 aromatic heterocycles. The van der Waals surface area contributed by atoms with Gasteiger partial charge in [0.1, 0.15) is 5.69 Å². The van der Waals surface area contributed by atoms with Gasteiger partial charge in [0.25, 0.3) is 5.69 Å². The lowest BCUT2D eigenvalue weighted by molar-refractivity contribution is -0.384. The number of carboxylic acids is 1. The van der Waals surface area contributed by atoms with Crippen LogP contribution in [0.3, 0.4) is 0 Å². The zero-order chi connectivity index (χ0) is 14.0. The Morgan fingerprint density at radius 2 is 2.32 bits per heavy atom. The maximum Gasteiger partial charge on any atom is 0.303 e. The minimum absolute atomic E-state index is 0.0350. The van der Waals surface area contributed by atoms with E-state index in [4.69, 9.17) is 16.7 Å². The Balaban J connectivity index is 2.19. The molecule has 0 radical (unpaired) electrons. The van der Waals surface area contributed by atoms with Crippen LogP contribution in [0.25, 0.3) is 0 Å². The second-order valence-corrected chi connectivity index (χ2v) is 5.03. The van der Waals surface area contributed by atoms with Crippen LogP contribution in [-0.2, 0) is 4.79 Å². The molecule has 1 heterocycles. The summed E-state index contributed by atoms with van der Waals surface area (Å²) in [6.45, 7) is 1.15. The van der Waals surface area contributed by atoms with Gasteiger partial charge in [-0.1, -0.05) is 11.6 Å². The first-order valence-electron chi connectivity index (χ1n) is 5.88. The highest BCUT2D eigenvalue weighted by molar-refractivity contribution is 6.30. The lowest BCUT2D eigenvalue weighted by Gasteiger charge is -2.18. The number of aliphatic carboxylic acids is 1. The second-order valence-electron chi connectivity index (χ2n) is 4.59. The van der Waals surface area contributed by atoms with Crippen LogP contribution < -0.4 is 4.90 Å². The summed E-state index contributed by atoms with van der Waals surface area (Å²) in [5.41, 5.74) is 0.464. The molecule has 1 aromatic rings. The SMILES string of the molecule is O=C(O)CC1CCN(c2ccc(Cl)cc2[N+](=O)[O-])C1. The summed E-state index contributed by atoms with van der Waals surface area (Å²) in [4.78, 5) is 23.1. The van der Waals surface area contributed by atoms with Gasteiger partial charge in [0, 0.05) is 30.6 Å². The summed E-state index contributed by atoms with van der Waals surface area (Å²) in [6.07, 6.45) is 0.823. The zero-order valence-corrected chi connectivity index (χ0v) is 10.8. The van der Waals surface area contributed by atoms with Crippen molar-refractivity contribution in [2.24, 2.45) is 5.92 Å². The molecule has 102 valence electrons. The van der Waals surface area contributed by atoms with E-state index in [-0.39, 0.29) is 18.0 Å². The smallest absolute Gasteiger partial charge is 0.303 e. The van der Waals surface area contributed by atoms with Crippen LogP contribution in [0.4, 0.5) is 11.4 Å². The Labute approximate surface area is 114 Å². The highest BCUT2D eigenvalue weighted by Crippen LogP contribution is 2.34. The summed E-state index contributed by atoms with van der Waals surface area (Å²) in [5.74, 6) is -0.801. The van der Waals surface area contributed by atoms with Crippen molar-refractivity contribution >= 4 is 28.9 Å². The number of hydrogen-bond donors (Lipinski definition) is 1. The van der Waals surface area contributed by atoms with Crippen molar-refractivity contribution in [3.63, 3.8) is 0 Å². The summed E-state index contributed by atoms with van der Waals surface area (Å²) in [5, 5.41) is 20.1. The molecule has 19 heavy (non-hydrogen) atoms. The van der Waals surface area contributed by atoms with Crippen molar-refractivity contribution in [1.29, 1.82) is 0 Å². The average Bonchev–Trinajstić information content (AvgIpc) is 2.76. The van der Waals surface area contributed by atoms with Crippen LogP contribution in [0.2, 0.25) is 5.02 Å². The van der Waals surface area contributed by atoms with Crippen molar-refractivity contribution in [3.05, 3.63) is 33.3 Å². The van der Waals surface area contributed by atoms with E-state index in [1.807, 2.05) is 4.90 Å². The van der Waals surface area contributed by atoms with Gasteiger partial charge in [-0.15, -0.1) is 0 Å². The van der Waals surface area contributed by atoms with Crippen molar-refractivity contribution in [1.82, 2.24) is 0 Å². The van der Waals surface area contributed by atoms with Gasteiger partial charge in [0.2, 0.25) is 0 Å². The Hall–Kier alpha value is -1.82. The molecule has 0 spiro atoms. The van der Waals surface area contributed by atoms with Crippen LogP contribution in [0, 0.1) is 16.0 Å². The maximum atomic E-state index is 11.0. The molecule has 7 heteroatoms. The maximum absolute atomic E-state index is 11.0. The van der Waals surface area contributed by atoms with Crippen LogP contribution >= 0.6 is 11.6 Å². The number of carboxylic acid groups (broad SMARTS) is 1. The fourth-order valence-corrected chi connectivity index (χ4v) is 2.54. The van der Waals surface area contributed by atoms with Gasteiger partial charge in [-0.05, 0) is 24.5 Å². The number of carbonyl (C=O) groups is 1. The molecule has 1 fully saturated rings. The molecule has 1 aliphatic rings. The number of halogens is 1. The molecule has 1 aromatic carbocycles. The van der Waals surface area contributed by atoms with E-state index >= 15 is 0 Å². The molecule has 1 unspecified atom stereocenters. The molecule has 2 rings (SSSR count). The molecule has 0 amide bonds. The fourth-order valence-electron chi connectivity index (χ4n) is 2.38. The van der Waals surface area contributed by atoms with E-state index in [0.29, 0.717) is 23.8 Å². The van der Waals surface area contributed by atoms with Crippen molar-refractivity contribution in [2.75, 3.05) is 18.0 Å². The number of nitrogens with zero attached hydrogens (tertiary/aromatic N) is 2. The van der Waals surface area contributed by atoms with Gasteiger partial charge in [-0.25, -0.2) is 0 Å². The Kier molecular flexibility index (Phi) is 3.90. The number of nitro groups is 1. The van der Waals surface area contributed by atoms with Crippen molar-refractivity contribution in [2.45, 2.75) is 12.8 Å². The minimum Gasteiger partial charge on any atom is -0.481 e. The summed E-state index contributed by atoms with van der Waals surface area (Å²) >= 11 is 5.76. The van der Waals surface area contributed by atoms with E-state index in [1.54, 1.807) is 12.1 Å². The van der Waals surface area contributed by atoms with Crippen LogP contribution in [0.5, 0.6) is 0 Å². The zero-order valence-electron chi connectivity index (χ0n) is 10.1. The van der Waals surface area contributed by atoms with Gasteiger partial charge < -0.3 is 10.0 Å². The molecule has 1 saturated heterocycles. The molecule has 0 saturated carbocycles. The Bertz CT molecular complexity index is 520. The summed E-state index contributed by atoms with van der Waals surface area (Å²) < 4.78 is 0. The normalized spacial score (nSPS) is 18.6. The third-order valence-corrected chi connectivity index (χ3v) is 3.46. The number of rotatable bonds is 4. The highest BCUT2D eigenvalue weighted by Gasteiger charge is 2.28. The van der Waals surface area contributed by atoms with E-state index in [0.717, 1.165) is 6.42 Å². The van der Waals surface area contributed by atoms with Crippen molar-refractivity contribution < 1.29 is 14.8 Å². The van der Waals surface area contributed by atoms with Gasteiger partial charge >= 0.3 is 5.97 Å². The number of anilines is 1. The molecular formula is C12H13ClN2O4. The molecule has 0 bridgehead atoms. The number of hydrogen-bond acceptors (Lipinski definition) is 4. The third-order valence-electron chi connectivity index (χ3n) is 3.22. The van der Waals surface area contributed by atoms with Crippen molar-refractivity contribution in [3.8, 4) is 0 Å². The third kappa shape index (κ3) is 3.14. The minimum atomic E-state index is -0.836. The average molecular weight is 285 g/mol. The highest BCUT2D eigenvalue weighted by atomic mass is 35.5. The van der Waals surface area contributed by atoms with E-state index < -0.39 is 10.9 Å². The van der Waals surface area contributed by atoms with E-state index in [9.17, 15) is 14.9 Å². The Morgan fingerprint density at radius 1 is 1.58 bits per heavy atom. The van der Waals surface area contributed by atoms with E-state index in [2.05, 4.69) is 0 Å². The standard InChI is InChI=1S/C12H13ClN2O4/c13-9-1-2-10(11(6-9)15(18)19)14-4-3-8(7-14)5-12(16)17/h1-2,6,8H,3-5,7H2,(H,16,17). The van der Waals surface area contributed by atoms with Gasteiger partial charge in [0.05, 0.1) is 4.92 Å². The van der Waals surface area contributed by atoms with Crippen LogP contribution in [-0.4, -0.2) is 29.1 Å². The first-order valence-corrected chi connectivity index (χ1v) is 6.26. The molecule has 6 nitrogen and oxygen atoms in total. The predicted octanol–water partition coefficient (Wildman–Crippen LogP) is 2.55.